The van der Waals surface area contributed by atoms with Gasteiger partial charge in [0.25, 0.3) is 11.4 Å². The van der Waals surface area contributed by atoms with E-state index in [9.17, 15) is 20.2 Å². The first-order valence-electron chi connectivity index (χ1n) is 5.33. The fraction of sp³-hybridized carbons (Fsp3) is 0. The van der Waals surface area contributed by atoms with E-state index in [1.165, 1.54) is 0 Å². The maximum Gasteiger partial charge on any atom is 0.280 e. The Bertz CT molecular complexity index is 640. The molecule has 0 spiro atoms. The first kappa shape index (κ1) is 13.9. The highest BCUT2D eigenvalue weighted by atomic mass is 79.9. The fourth-order valence-corrected chi connectivity index (χ4v) is 1.74. The van der Waals surface area contributed by atoms with Crippen molar-refractivity contribution in [2.24, 2.45) is 0 Å². The zero-order chi connectivity index (χ0) is 14.7. The molecule has 0 bridgehead atoms. The summed E-state index contributed by atoms with van der Waals surface area (Å²) in [5.74, 6) is 0.455. The standard InChI is InChI=1S/C12H7BrN2O5/c13-8-1-3-11(4-2-8)20-12-6-9(14(16)17)5-10(7-12)15(18)19/h1-7H. The van der Waals surface area contributed by atoms with Crippen LogP contribution in [0.15, 0.2) is 46.9 Å². The van der Waals surface area contributed by atoms with Crippen molar-refractivity contribution in [3.8, 4) is 11.5 Å². The molecule has 0 aliphatic heterocycles. The van der Waals surface area contributed by atoms with Gasteiger partial charge in [-0.2, -0.15) is 0 Å². The van der Waals surface area contributed by atoms with Gasteiger partial charge in [-0.3, -0.25) is 20.2 Å². The minimum absolute atomic E-state index is 0.0354. The first-order valence-corrected chi connectivity index (χ1v) is 6.12. The van der Waals surface area contributed by atoms with Gasteiger partial charge in [-0.25, -0.2) is 0 Å². The van der Waals surface area contributed by atoms with Gasteiger partial charge < -0.3 is 4.74 Å². The van der Waals surface area contributed by atoms with E-state index >= 15 is 0 Å². The summed E-state index contributed by atoms with van der Waals surface area (Å²) < 4.78 is 6.23. The Morgan fingerprint density at radius 1 is 0.850 bits per heavy atom. The average molecular weight is 339 g/mol. The summed E-state index contributed by atoms with van der Waals surface area (Å²) >= 11 is 3.26. The second-order valence-corrected chi connectivity index (χ2v) is 4.67. The van der Waals surface area contributed by atoms with E-state index in [0.29, 0.717) is 5.75 Å². The molecule has 0 fully saturated rings. The molecule has 0 unspecified atom stereocenters. The van der Waals surface area contributed by atoms with E-state index in [4.69, 9.17) is 4.74 Å². The zero-order valence-electron chi connectivity index (χ0n) is 9.86. The van der Waals surface area contributed by atoms with Crippen molar-refractivity contribution in [3.05, 3.63) is 67.2 Å². The summed E-state index contributed by atoms with van der Waals surface area (Å²) in [5.41, 5.74) is -0.794. The molecule has 2 rings (SSSR count). The molecule has 102 valence electrons. The van der Waals surface area contributed by atoms with E-state index in [1.54, 1.807) is 24.3 Å². The van der Waals surface area contributed by atoms with Crippen LogP contribution in [0, 0.1) is 20.2 Å². The fourth-order valence-electron chi connectivity index (χ4n) is 1.48. The quantitative estimate of drug-likeness (QED) is 0.618. The van der Waals surface area contributed by atoms with E-state index in [2.05, 4.69) is 15.9 Å². The van der Waals surface area contributed by atoms with Crippen LogP contribution < -0.4 is 4.74 Å². The van der Waals surface area contributed by atoms with Crippen LogP contribution in [0.3, 0.4) is 0 Å². The monoisotopic (exact) mass is 338 g/mol. The predicted octanol–water partition coefficient (Wildman–Crippen LogP) is 4.06. The number of hydrogen-bond acceptors (Lipinski definition) is 5. The Balaban J connectivity index is 2.37. The molecule has 20 heavy (non-hydrogen) atoms. The Kier molecular flexibility index (Phi) is 3.94. The number of ether oxygens (including phenoxy) is 1. The van der Waals surface area contributed by atoms with Crippen LogP contribution in [-0.2, 0) is 0 Å². The van der Waals surface area contributed by atoms with Crippen molar-refractivity contribution in [1.29, 1.82) is 0 Å². The van der Waals surface area contributed by atoms with Gasteiger partial charge in [0.05, 0.1) is 28.0 Å². The lowest BCUT2D eigenvalue weighted by atomic mass is 10.2. The molecule has 0 atom stereocenters. The van der Waals surface area contributed by atoms with Crippen molar-refractivity contribution in [2.45, 2.75) is 0 Å². The molecule has 0 N–H and O–H groups in total. The average Bonchev–Trinajstić information content (AvgIpc) is 2.41. The number of hydrogen-bond donors (Lipinski definition) is 0. The minimum atomic E-state index is -0.707. The Labute approximate surface area is 121 Å². The second kappa shape index (κ2) is 5.66. The van der Waals surface area contributed by atoms with Gasteiger partial charge >= 0.3 is 0 Å². The van der Waals surface area contributed by atoms with Crippen LogP contribution in [0.25, 0.3) is 0 Å². The molecule has 2 aromatic carbocycles. The van der Waals surface area contributed by atoms with Crippen LogP contribution in [0.2, 0.25) is 0 Å². The highest BCUT2D eigenvalue weighted by Crippen LogP contribution is 2.31. The lowest BCUT2D eigenvalue weighted by Crippen LogP contribution is -1.94. The molecule has 0 aromatic heterocycles. The number of rotatable bonds is 4. The summed E-state index contributed by atoms with van der Waals surface area (Å²) in [5, 5.41) is 21.5. The summed E-state index contributed by atoms with van der Waals surface area (Å²) in [7, 11) is 0. The molecule has 0 aliphatic carbocycles. The third kappa shape index (κ3) is 3.29. The predicted molar refractivity (Wildman–Crippen MR) is 74.0 cm³/mol. The van der Waals surface area contributed by atoms with Gasteiger partial charge in [-0.05, 0) is 24.3 Å². The van der Waals surface area contributed by atoms with E-state index in [0.717, 1.165) is 22.7 Å². The van der Waals surface area contributed by atoms with E-state index in [-0.39, 0.29) is 5.75 Å². The van der Waals surface area contributed by atoms with Crippen molar-refractivity contribution in [2.75, 3.05) is 0 Å². The highest BCUT2D eigenvalue weighted by molar-refractivity contribution is 9.10. The van der Waals surface area contributed by atoms with Crippen LogP contribution >= 0.6 is 15.9 Å². The summed E-state index contributed by atoms with van der Waals surface area (Å²) in [6, 6.07) is 9.87. The molecule has 0 aliphatic rings. The smallest absolute Gasteiger partial charge is 0.280 e. The number of non-ortho nitro benzene ring substituents is 2. The zero-order valence-corrected chi connectivity index (χ0v) is 11.4. The largest absolute Gasteiger partial charge is 0.457 e. The Morgan fingerprint density at radius 2 is 1.35 bits per heavy atom. The molecule has 8 heteroatoms. The number of nitro benzene ring substituents is 2. The molecule has 0 radical (unpaired) electrons. The van der Waals surface area contributed by atoms with Crippen LogP contribution in [-0.4, -0.2) is 9.85 Å². The third-order valence-electron chi connectivity index (χ3n) is 2.35. The van der Waals surface area contributed by atoms with Gasteiger partial charge in [0.1, 0.15) is 11.5 Å². The van der Waals surface area contributed by atoms with Crippen LogP contribution in [0.4, 0.5) is 11.4 Å². The summed E-state index contributed by atoms with van der Waals surface area (Å²) in [6.07, 6.45) is 0. The van der Waals surface area contributed by atoms with Gasteiger partial charge in [-0.1, -0.05) is 15.9 Å². The first-order chi connectivity index (χ1) is 9.45. The minimum Gasteiger partial charge on any atom is -0.457 e. The molecule has 0 amide bonds. The van der Waals surface area contributed by atoms with Gasteiger partial charge in [-0.15, -0.1) is 0 Å². The van der Waals surface area contributed by atoms with Crippen LogP contribution in [0.5, 0.6) is 11.5 Å². The molecule has 0 saturated carbocycles. The van der Waals surface area contributed by atoms with Crippen molar-refractivity contribution in [3.63, 3.8) is 0 Å². The molecule has 0 heterocycles. The normalized spacial score (nSPS) is 10.1. The van der Waals surface area contributed by atoms with Gasteiger partial charge in [0, 0.05) is 4.47 Å². The van der Waals surface area contributed by atoms with Crippen molar-refractivity contribution >= 4 is 27.3 Å². The molecule has 7 nitrogen and oxygen atoms in total. The highest BCUT2D eigenvalue weighted by Gasteiger charge is 2.17. The van der Waals surface area contributed by atoms with E-state index in [1.807, 2.05) is 0 Å². The van der Waals surface area contributed by atoms with Gasteiger partial charge in [0.2, 0.25) is 0 Å². The third-order valence-corrected chi connectivity index (χ3v) is 2.88. The Morgan fingerprint density at radius 3 is 1.80 bits per heavy atom. The summed E-state index contributed by atoms with van der Waals surface area (Å²) in [6.45, 7) is 0. The van der Waals surface area contributed by atoms with Crippen molar-refractivity contribution < 1.29 is 14.6 Å². The van der Waals surface area contributed by atoms with Crippen LogP contribution in [0.1, 0.15) is 0 Å². The summed E-state index contributed by atoms with van der Waals surface area (Å²) in [4.78, 5) is 20.1. The number of halogens is 1. The lowest BCUT2D eigenvalue weighted by Gasteiger charge is -2.05. The lowest BCUT2D eigenvalue weighted by molar-refractivity contribution is -0.394. The second-order valence-electron chi connectivity index (χ2n) is 3.76. The Hall–Kier alpha value is -2.48. The van der Waals surface area contributed by atoms with Gasteiger partial charge in [0.15, 0.2) is 0 Å². The maximum absolute atomic E-state index is 10.7. The molecular weight excluding hydrogens is 332 g/mol. The maximum atomic E-state index is 10.7. The number of nitrogens with zero attached hydrogens (tertiary/aromatic N) is 2. The molecule has 2 aromatic rings. The van der Waals surface area contributed by atoms with E-state index < -0.39 is 21.2 Å². The molecule has 0 saturated heterocycles. The molecular formula is C12H7BrN2O5. The topological polar surface area (TPSA) is 95.5 Å². The SMILES string of the molecule is O=[N+]([O-])c1cc(Oc2ccc(Br)cc2)cc([N+](=O)[O-])c1. The number of benzene rings is 2. The van der Waals surface area contributed by atoms with Crippen molar-refractivity contribution in [1.82, 2.24) is 0 Å². The number of nitro groups is 2.